The molecule has 6 rings (SSSR count). The molecule has 4 atom stereocenters. The number of thioether (sulfide) groups is 1. The normalized spacial score (nSPS) is 17.4. The van der Waals surface area contributed by atoms with Crippen LogP contribution in [-0.2, 0) is 0 Å². The van der Waals surface area contributed by atoms with Crippen LogP contribution in [0.3, 0.4) is 0 Å². The Hall–Kier alpha value is -5.04. The molecule has 0 amide bonds. The van der Waals surface area contributed by atoms with Gasteiger partial charge < -0.3 is 38.5 Å². The van der Waals surface area contributed by atoms with E-state index in [1.807, 2.05) is 36.0 Å². The summed E-state index contributed by atoms with van der Waals surface area (Å²) in [5.41, 5.74) is 3.28. The largest absolute Gasteiger partial charge is 0.493 e. The number of fused-ring (bicyclic) bond motifs is 1. The minimum atomic E-state index is -0.236. The van der Waals surface area contributed by atoms with Gasteiger partial charge in [0.05, 0.1) is 41.1 Å². The van der Waals surface area contributed by atoms with Gasteiger partial charge in [-0.05, 0) is 100 Å². The van der Waals surface area contributed by atoms with Gasteiger partial charge in [0, 0.05) is 48.4 Å². The first kappa shape index (κ1) is 42.6. The molecule has 0 radical (unpaired) electrons. The van der Waals surface area contributed by atoms with E-state index in [9.17, 15) is 4.79 Å². The Balaban J connectivity index is 1.04. The first-order valence-electron chi connectivity index (χ1n) is 19.6. The Morgan fingerprint density at radius 1 is 0.741 bits per heavy atom. The first-order valence-corrected chi connectivity index (χ1v) is 20.5. The first-order chi connectivity index (χ1) is 27.9. The standard InChI is InChI=1S/C46H57N3O8S/c1-29(30(2)56-40-25-32(16-19-37(40)51-6)15-18-36(50)34-27-41(53-8)44(55-10)42(28-34)54-9)48-21-23-49(24-22-48)46(4,5)31(3)57-38-20-17-33(26-39(38)52-7)45-47-35-13-11-12-14-43(35)58-45/h11-20,25-31,45,47H,21-24H2,1-10H3/b18-15+. The summed E-state index contributed by atoms with van der Waals surface area (Å²) in [7, 11) is 7.89. The van der Waals surface area contributed by atoms with E-state index in [0.29, 0.717) is 34.3 Å². The van der Waals surface area contributed by atoms with Gasteiger partial charge in [-0.1, -0.05) is 42.1 Å². The van der Waals surface area contributed by atoms with Crippen LogP contribution in [0.15, 0.2) is 83.8 Å². The van der Waals surface area contributed by atoms with Crippen molar-refractivity contribution in [3.8, 4) is 40.2 Å². The van der Waals surface area contributed by atoms with E-state index in [-0.39, 0.29) is 34.9 Å². The minimum Gasteiger partial charge on any atom is -0.493 e. The second-order valence-corrected chi connectivity index (χ2v) is 16.2. The van der Waals surface area contributed by atoms with Crippen LogP contribution in [0.5, 0.6) is 40.2 Å². The van der Waals surface area contributed by atoms with Crippen LogP contribution in [0.4, 0.5) is 5.69 Å². The molecule has 0 aromatic heterocycles. The minimum absolute atomic E-state index is 0.104. The molecule has 1 saturated heterocycles. The Morgan fingerprint density at radius 2 is 1.40 bits per heavy atom. The molecule has 11 nitrogen and oxygen atoms in total. The zero-order valence-corrected chi connectivity index (χ0v) is 36.1. The van der Waals surface area contributed by atoms with Crippen LogP contribution in [-0.4, -0.2) is 101 Å². The molecule has 0 aliphatic carbocycles. The highest BCUT2D eigenvalue weighted by atomic mass is 32.2. The highest BCUT2D eigenvalue weighted by Gasteiger charge is 2.38. The molecular weight excluding hydrogens is 755 g/mol. The molecule has 4 aromatic carbocycles. The number of ether oxygens (including phenoxy) is 7. The summed E-state index contributed by atoms with van der Waals surface area (Å²) < 4.78 is 41.0. The van der Waals surface area contributed by atoms with E-state index in [0.717, 1.165) is 54.5 Å². The number of nitrogens with one attached hydrogen (secondary N) is 1. The van der Waals surface area contributed by atoms with E-state index in [1.54, 1.807) is 32.4 Å². The van der Waals surface area contributed by atoms with Crippen LogP contribution in [0, 0.1) is 0 Å². The lowest BCUT2D eigenvalue weighted by Gasteiger charge is -2.48. The summed E-state index contributed by atoms with van der Waals surface area (Å²) in [5, 5.41) is 3.73. The van der Waals surface area contributed by atoms with Crippen molar-refractivity contribution in [3.05, 3.63) is 95.6 Å². The van der Waals surface area contributed by atoms with Gasteiger partial charge in [0.2, 0.25) is 5.75 Å². The van der Waals surface area contributed by atoms with Crippen molar-refractivity contribution in [2.75, 3.05) is 67.0 Å². The average Bonchev–Trinajstić information content (AvgIpc) is 3.69. The van der Waals surface area contributed by atoms with Gasteiger partial charge in [-0.3, -0.25) is 14.6 Å². The molecular formula is C46H57N3O8S. The maximum Gasteiger partial charge on any atom is 0.203 e. The van der Waals surface area contributed by atoms with Gasteiger partial charge in [0.15, 0.2) is 40.3 Å². The number of hydrogen-bond donors (Lipinski definition) is 1. The van der Waals surface area contributed by atoms with Crippen molar-refractivity contribution in [2.24, 2.45) is 0 Å². The number of allylic oxidation sites excluding steroid dienone is 1. The number of benzene rings is 4. The fraction of sp³-hybridized carbons (Fsp3) is 0.413. The number of rotatable bonds is 17. The molecule has 310 valence electrons. The number of piperazine rings is 1. The monoisotopic (exact) mass is 811 g/mol. The third-order valence-electron chi connectivity index (χ3n) is 11.5. The summed E-state index contributed by atoms with van der Waals surface area (Å²) in [6.45, 7) is 14.5. The van der Waals surface area contributed by atoms with E-state index in [2.05, 4.69) is 86.1 Å². The van der Waals surface area contributed by atoms with E-state index in [4.69, 9.17) is 33.2 Å². The molecule has 0 saturated carbocycles. The maximum atomic E-state index is 13.2. The lowest BCUT2D eigenvalue weighted by atomic mass is 9.94. The van der Waals surface area contributed by atoms with Crippen LogP contribution < -0.4 is 38.5 Å². The van der Waals surface area contributed by atoms with Crippen LogP contribution >= 0.6 is 11.8 Å². The van der Waals surface area contributed by atoms with Crippen molar-refractivity contribution < 1.29 is 38.0 Å². The molecule has 1 fully saturated rings. The van der Waals surface area contributed by atoms with Gasteiger partial charge >= 0.3 is 0 Å². The lowest BCUT2D eigenvalue weighted by Crippen LogP contribution is -2.61. The molecule has 2 heterocycles. The fourth-order valence-electron chi connectivity index (χ4n) is 7.36. The zero-order chi connectivity index (χ0) is 41.6. The molecule has 2 aliphatic rings. The maximum absolute atomic E-state index is 13.2. The summed E-state index contributed by atoms with van der Waals surface area (Å²) in [6, 6.07) is 23.7. The number of carbonyl (C=O) groups is 1. The second kappa shape index (κ2) is 18.7. The summed E-state index contributed by atoms with van der Waals surface area (Å²) >= 11 is 1.81. The number of hydrogen-bond acceptors (Lipinski definition) is 12. The van der Waals surface area contributed by atoms with Crippen molar-refractivity contribution in [1.82, 2.24) is 9.80 Å². The predicted octanol–water partition coefficient (Wildman–Crippen LogP) is 8.86. The average molecular weight is 812 g/mol. The van der Waals surface area contributed by atoms with Gasteiger partial charge in [-0.2, -0.15) is 0 Å². The number of carbonyl (C=O) groups excluding carboxylic acids is 1. The van der Waals surface area contributed by atoms with Gasteiger partial charge in [-0.25, -0.2) is 0 Å². The van der Waals surface area contributed by atoms with Crippen molar-refractivity contribution in [2.45, 2.75) is 68.7 Å². The summed E-state index contributed by atoms with van der Waals surface area (Å²) in [4.78, 5) is 19.4. The van der Waals surface area contributed by atoms with Crippen molar-refractivity contribution in [1.29, 1.82) is 0 Å². The quantitative estimate of drug-likeness (QED) is 0.0815. The van der Waals surface area contributed by atoms with Gasteiger partial charge in [0.1, 0.15) is 17.6 Å². The van der Waals surface area contributed by atoms with Crippen molar-refractivity contribution >= 4 is 29.3 Å². The van der Waals surface area contributed by atoms with Gasteiger partial charge in [-0.15, -0.1) is 0 Å². The molecule has 58 heavy (non-hydrogen) atoms. The Labute approximate surface area is 347 Å². The number of anilines is 1. The fourth-order valence-corrected chi connectivity index (χ4v) is 8.49. The Morgan fingerprint density at radius 3 is 2.03 bits per heavy atom. The summed E-state index contributed by atoms with van der Waals surface area (Å²) in [5.74, 6) is 3.76. The SMILES string of the molecule is COc1ccc(/C=C/C(=O)c2cc(OC)c(OC)c(OC)c2)cc1OC(C)C(C)N1CCN(C(C)(C)C(C)Oc2ccc(C3Nc4ccccc4S3)cc2OC)CC1. The highest BCUT2D eigenvalue weighted by Crippen LogP contribution is 2.48. The molecule has 2 aliphatic heterocycles. The zero-order valence-electron chi connectivity index (χ0n) is 35.3. The number of nitrogens with zero attached hydrogens (tertiary/aromatic N) is 2. The molecule has 0 bridgehead atoms. The molecule has 1 N–H and O–H groups in total. The third kappa shape index (κ3) is 9.30. The molecule has 4 aromatic rings. The van der Waals surface area contributed by atoms with Crippen LogP contribution in [0.1, 0.15) is 61.5 Å². The smallest absolute Gasteiger partial charge is 0.203 e. The third-order valence-corrected chi connectivity index (χ3v) is 12.7. The number of para-hydroxylation sites is 1. The Kier molecular flexibility index (Phi) is 13.7. The van der Waals surface area contributed by atoms with Crippen LogP contribution in [0.25, 0.3) is 6.08 Å². The van der Waals surface area contributed by atoms with Crippen molar-refractivity contribution in [3.63, 3.8) is 0 Å². The highest BCUT2D eigenvalue weighted by molar-refractivity contribution is 8.00. The van der Waals surface area contributed by atoms with Crippen LogP contribution in [0.2, 0.25) is 0 Å². The topological polar surface area (TPSA) is 100 Å². The van der Waals surface area contributed by atoms with E-state index in [1.165, 1.54) is 32.3 Å². The second-order valence-electron chi connectivity index (χ2n) is 15.1. The molecule has 4 unspecified atom stereocenters. The van der Waals surface area contributed by atoms with E-state index < -0.39 is 0 Å². The molecule has 12 heteroatoms. The summed E-state index contributed by atoms with van der Waals surface area (Å²) in [6.07, 6.45) is 3.03. The number of methoxy groups -OCH3 is 5. The molecule has 0 spiro atoms. The lowest BCUT2D eigenvalue weighted by molar-refractivity contribution is -0.0309. The Bertz CT molecular complexity index is 2030. The number of ketones is 1. The van der Waals surface area contributed by atoms with Gasteiger partial charge in [0.25, 0.3) is 0 Å². The van der Waals surface area contributed by atoms with E-state index >= 15 is 0 Å². The predicted molar refractivity (Wildman–Crippen MR) is 231 cm³/mol.